The topological polar surface area (TPSA) is 24.8 Å². The van der Waals surface area contributed by atoms with E-state index in [1.807, 2.05) is 18.4 Å². The second kappa shape index (κ2) is 8.30. The Kier molecular flexibility index (Phi) is 6.44. The average Bonchev–Trinajstić information content (AvgIpc) is 3.14. The highest BCUT2D eigenvalue weighted by Gasteiger charge is 2.45. The van der Waals surface area contributed by atoms with Crippen molar-refractivity contribution in [2.45, 2.75) is 47.0 Å². The van der Waals surface area contributed by atoms with Crippen LogP contribution in [0.5, 0.6) is 0 Å². The summed E-state index contributed by atoms with van der Waals surface area (Å²) in [6.07, 6.45) is 5.21. The van der Waals surface area contributed by atoms with Gasteiger partial charge in [0.2, 0.25) is 0 Å². The van der Waals surface area contributed by atoms with Crippen LogP contribution in [0.2, 0.25) is 5.02 Å². The Morgan fingerprint density at radius 1 is 1.22 bits per heavy atom. The standard InChI is InChI=1S/C21H29ClN2OS2/c1-13(2)21(14(3)4)11-24(20(26)27-5)19(25-12-21)23-18-10-9-17(22)15-7-6-8-16(15)18/h9-10,13-14H,6-8,11-12H2,1-5H3. The fraction of sp³-hybridized carbons (Fsp3) is 0.619. The first kappa shape index (κ1) is 20.9. The molecule has 3 nitrogen and oxygen atoms in total. The van der Waals surface area contributed by atoms with E-state index in [1.54, 1.807) is 11.8 Å². The Hall–Kier alpha value is -0.780. The average molecular weight is 425 g/mol. The van der Waals surface area contributed by atoms with Crippen molar-refractivity contribution in [2.75, 3.05) is 19.4 Å². The summed E-state index contributed by atoms with van der Waals surface area (Å²) in [5, 5.41) is 0.853. The number of nitrogens with zero attached hydrogens (tertiary/aromatic N) is 2. The minimum absolute atomic E-state index is 0.0563. The van der Waals surface area contributed by atoms with Crippen molar-refractivity contribution in [3.63, 3.8) is 0 Å². The van der Waals surface area contributed by atoms with E-state index < -0.39 is 0 Å². The molecule has 3 rings (SSSR count). The Labute approximate surface area is 177 Å². The zero-order valence-electron chi connectivity index (χ0n) is 16.8. The third kappa shape index (κ3) is 3.88. The summed E-state index contributed by atoms with van der Waals surface area (Å²) in [5.41, 5.74) is 3.53. The quantitative estimate of drug-likeness (QED) is 0.547. The van der Waals surface area contributed by atoms with E-state index in [2.05, 4.69) is 32.6 Å². The molecule has 1 aliphatic carbocycles. The van der Waals surface area contributed by atoms with Crippen molar-refractivity contribution in [1.29, 1.82) is 0 Å². The number of hydrogen-bond acceptors (Lipinski definition) is 4. The van der Waals surface area contributed by atoms with E-state index in [1.165, 1.54) is 11.1 Å². The van der Waals surface area contributed by atoms with Gasteiger partial charge in [0, 0.05) is 17.0 Å². The summed E-state index contributed by atoms with van der Waals surface area (Å²) in [7, 11) is 0. The molecule has 148 valence electrons. The Bertz CT molecular complexity index is 753. The van der Waals surface area contributed by atoms with Crippen molar-refractivity contribution in [3.8, 4) is 0 Å². The SMILES string of the molecule is CSC(=S)N1CC(C(C)C)(C(C)C)COC1=Nc1ccc(Cl)c2c1CCC2. The maximum absolute atomic E-state index is 6.38. The number of rotatable bonds is 3. The van der Waals surface area contributed by atoms with Crippen LogP contribution < -0.4 is 0 Å². The van der Waals surface area contributed by atoms with Crippen molar-refractivity contribution >= 4 is 51.6 Å². The highest BCUT2D eigenvalue weighted by molar-refractivity contribution is 8.22. The Morgan fingerprint density at radius 2 is 1.89 bits per heavy atom. The van der Waals surface area contributed by atoms with Gasteiger partial charge in [0.05, 0.1) is 12.3 Å². The number of ether oxygens (including phenoxy) is 1. The van der Waals surface area contributed by atoms with Gasteiger partial charge in [-0.1, -0.05) is 63.3 Å². The number of amidine groups is 1. The first-order chi connectivity index (χ1) is 12.8. The molecule has 0 saturated carbocycles. The van der Waals surface area contributed by atoms with Crippen molar-refractivity contribution in [1.82, 2.24) is 4.90 Å². The molecule has 0 bridgehead atoms. The molecule has 0 atom stereocenters. The molecule has 0 amide bonds. The summed E-state index contributed by atoms with van der Waals surface area (Å²) in [6, 6.07) is 4.59. The maximum Gasteiger partial charge on any atom is 0.298 e. The number of aliphatic imine (C=N–C) groups is 1. The van der Waals surface area contributed by atoms with E-state index in [0.29, 0.717) is 24.5 Å². The van der Waals surface area contributed by atoms with Crippen LogP contribution in [0.4, 0.5) is 5.69 Å². The molecule has 27 heavy (non-hydrogen) atoms. The first-order valence-corrected chi connectivity index (χ1v) is 11.7. The Morgan fingerprint density at radius 3 is 2.52 bits per heavy atom. The van der Waals surface area contributed by atoms with Crippen molar-refractivity contribution in [3.05, 3.63) is 28.3 Å². The molecule has 1 aromatic rings. The van der Waals surface area contributed by atoms with Crippen LogP contribution in [0, 0.1) is 17.3 Å². The van der Waals surface area contributed by atoms with Crippen LogP contribution >= 0.6 is 35.6 Å². The monoisotopic (exact) mass is 424 g/mol. The van der Waals surface area contributed by atoms with Crippen LogP contribution in [0.1, 0.15) is 45.2 Å². The second-order valence-electron chi connectivity index (χ2n) is 8.16. The lowest BCUT2D eigenvalue weighted by Crippen LogP contribution is -2.56. The van der Waals surface area contributed by atoms with Crippen LogP contribution in [0.25, 0.3) is 0 Å². The predicted molar refractivity (Wildman–Crippen MR) is 121 cm³/mol. The molecule has 2 aliphatic rings. The van der Waals surface area contributed by atoms with Gasteiger partial charge < -0.3 is 4.74 Å². The van der Waals surface area contributed by atoms with Gasteiger partial charge in [0.25, 0.3) is 6.02 Å². The molecule has 1 heterocycles. The van der Waals surface area contributed by atoms with Gasteiger partial charge in [0.1, 0.15) is 4.32 Å². The predicted octanol–water partition coefficient (Wildman–Crippen LogP) is 6.09. The molecule has 6 heteroatoms. The molecular weight excluding hydrogens is 396 g/mol. The fourth-order valence-corrected chi connectivity index (χ4v) is 5.02. The van der Waals surface area contributed by atoms with Gasteiger partial charge in [-0.2, -0.15) is 4.99 Å². The lowest BCUT2D eigenvalue weighted by molar-refractivity contribution is -0.00982. The minimum Gasteiger partial charge on any atom is -0.464 e. The number of halogens is 1. The molecular formula is C21H29ClN2OS2. The summed E-state index contributed by atoms with van der Waals surface area (Å²) < 4.78 is 7.10. The van der Waals surface area contributed by atoms with E-state index in [0.717, 1.165) is 40.8 Å². The highest BCUT2D eigenvalue weighted by Crippen LogP contribution is 2.41. The number of thioether (sulfide) groups is 1. The third-order valence-corrected chi connectivity index (χ3v) is 7.91. The Balaban J connectivity index is 2.00. The van der Waals surface area contributed by atoms with E-state index >= 15 is 0 Å². The lowest BCUT2D eigenvalue weighted by Gasteiger charge is -2.48. The fourth-order valence-electron chi connectivity index (χ4n) is 4.25. The summed E-state index contributed by atoms with van der Waals surface area (Å²) in [5.74, 6) is 0.983. The molecule has 1 saturated heterocycles. The van der Waals surface area contributed by atoms with Gasteiger partial charge in [-0.15, -0.1) is 0 Å². The molecule has 0 radical (unpaired) electrons. The van der Waals surface area contributed by atoms with Gasteiger partial charge in [0.15, 0.2) is 0 Å². The highest BCUT2D eigenvalue weighted by atomic mass is 35.5. The van der Waals surface area contributed by atoms with Crippen LogP contribution in [0.3, 0.4) is 0 Å². The van der Waals surface area contributed by atoms with E-state index in [9.17, 15) is 0 Å². The molecule has 0 unspecified atom stereocenters. The van der Waals surface area contributed by atoms with Crippen molar-refractivity contribution in [2.24, 2.45) is 22.2 Å². The van der Waals surface area contributed by atoms with Crippen LogP contribution in [-0.2, 0) is 17.6 Å². The van der Waals surface area contributed by atoms with Gasteiger partial charge in [-0.25, -0.2) is 0 Å². The van der Waals surface area contributed by atoms with Crippen LogP contribution in [-0.4, -0.2) is 34.6 Å². The zero-order chi connectivity index (χ0) is 19.8. The van der Waals surface area contributed by atoms with E-state index in [4.69, 9.17) is 33.5 Å². The molecule has 1 aromatic carbocycles. The molecule has 0 N–H and O–H groups in total. The van der Waals surface area contributed by atoms with Gasteiger partial charge in [-0.05, 0) is 60.6 Å². The number of hydrogen-bond donors (Lipinski definition) is 0. The van der Waals surface area contributed by atoms with Gasteiger partial charge in [-0.3, -0.25) is 4.90 Å². The normalized spacial score (nSPS) is 20.3. The summed E-state index contributed by atoms with van der Waals surface area (Å²) in [6.45, 7) is 10.6. The van der Waals surface area contributed by atoms with Crippen LogP contribution in [0.15, 0.2) is 17.1 Å². The second-order valence-corrected chi connectivity index (χ2v) is 10.0. The first-order valence-electron chi connectivity index (χ1n) is 9.67. The smallest absolute Gasteiger partial charge is 0.298 e. The summed E-state index contributed by atoms with van der Waals surface area (Å²) >= 11 is 13.6. The number of benzene rings is 1. The lowest BCUT2D eigenvalue weighted by atomic mass is 9.68. The molecule has 0 aromatic heterocycles. The largest absolute Gasteiger partial charge is 0.464 e. The molecule has 1 fully saturated rings. The number of thiocarbonyl (C=S) groups is 1. The van der Waals surface area contributed by atoms with Gasteiger partial charge >= 0.3 is 0 Å². The number of fused-ring (bicyclic) bond motifs is 1. The van der Waals surface area contributed by atoms with E-state index in [-0.39, 0.29) is 5.41 Å². The third-order valence-electron chi connectivity index (χ3n) is 6.27. The van der Waals surface area contributed by atoms with Crippen molar-refractivity contribution < 1.29 is 4.74 Å². The molecule has 0 spiro atoms. The maximum atomic E-state index is 6.38. The summed E-state index contributed by atoms with van der Waals surface area (Å²) in [4.78, 5) is 7.02. The molecule has 1 aliphatic heterocycles. The zero-order valence-corrected chi connectivity index (χ0v) is 19.2. The minimum atomic E-state index is 0.0563.